The zero-order valence-electron chi connectivity index (χ0n) is 13.0. The Bertz CT molecular complexity index is 787. The van der Waals surface area contributed by atoms with Crippen molar-refractivity contribution in [1.82, 2.24) is 9.97 Å². The van der Waals surface area contributed by atoms with Crippen molar-refractivity contribution < 1.29 is 13.9 Å². The molecule has 1 aromatic heterocycles. The van der Waals surface area contributed by atoms with Crippen molar-refractivity contribution in [1.29, 1.82) is 0 Å². The maximum absolute atomic E-state index is 13.8. The molecule has 1 atom stereocenters. The second-order valence-electron chi connectivity index (χ2n) is 5.50. The number of nitrogens with zero attached hydrogens (tertiary/aromatic N) is 3. The summed E-state index contributed by atoms with van der Waals surface area (Å²) in [5.41, 5.74) is 6.98. The number of carbonyl (C=O) groups excluding carboxylic acids is 1. The fourth-order valence-corrected chi connectivity index (χ4v) is 2.94. The highest BCUT2D eigenvalue weighted by atomic mass is 79.9. The zero-order valence-corrected chi connectivity index (χ0v) is 14.6. The lowest BCUT2D eigenvalue weighted by Gasteiger charge is -2.23. The second kappa shape index (κ2) is 6.72. The molecule has 1 unspecified atom stereocenters. The van der Waals surface area contributed by atoms with Gasteiger partial charge in [-0.2, -0.15) is 0 Å². The first-order chi connectivity index (χ1) is 11.5. The van der Waals surface area contributed by atoms with Crippen LogP contribution in [-0.4, -0.2) is 22.4 Å². The summed E-state index contributed by atoms with van der Waals surface area (Å²) in [6.07, 6.45) is 2.18. The molecule has 2 heterocycles. The highest BCUT2D eigenvalue weighted by Crippen LogP contribution is 2.33. The Hall–Kier alpha value is -2.22. The third-order valence-electron chi connectivity index (χ3n) is 3.82. The third kappa shape index (κ3) is 3.33. The predicted molar refractivity (Wildman–Crippen MR) is 91.2 cm³/mol. The summed E-state index contributed by atoms with van der Waals surface area (Å²) < 4.78 is 20.0. The van der Waals surface area contributed by atoms with E-state index in [0.717, 1.165) is 6.42 Å². The number of nitrogens with two attached hydrogens (primary N) is 1. The van der Waals surface area contributed by atoms with Crippen LogP contribution in [0.25, 0.3) is 0 Å². The van der Waals surface area contributed by atoms with E-state index in [2.05, 4.69) is 25.9 Å². The van der Waals surface area contributed by atoms with Crippen LogP contribution in [0.4, 0.5) is 15.9 Å². The molecule has 0 aliphatic carbocycles. The Balaban J connectivity index is 1.94. The number of aromatic nitrogens is 2. The lowest BCUT2D eigenvalue weighted by molar-refractivity contribution is -0.117. The summed E-state index contributed by atoms with van der Waals surface area (Å²) in [4.78, 5) is 21.8. The van der Waals surface area contributed by atoms with Gasteiger partial charge in [0.05, 0.1) is 11.9 Å². The number of hydrogen-bond donors (Lipinski definition) is 1. The summed E-state index contributed by atoms with van der Waals surface area (Å²) in [5.74, 6) is -0.0824. The van der Waals surface area contributed by atoms with Crippen LogP contribution in [0.15, 0.2) is 29.0 Å². The van der Waals surface area contributed by atoms with Crippen LogP contribution in [-0.2, 0) is 4.79 Å². The lowest BCUT2D eigenvalue weighted by Crippen LogP contribution is -2.26. The molecule has 2 N–H and O–H groups in total. The summed E-state index contributed by atoms with van der Waals surface area (Å²) in [5, 5.41) is 0. The number of halogens is 2. The number of nitrogen functional groups attached to an aromatic ring is 1. The molecule has 2 aromatic rings. The van der Waals surface area contributed by atoms with E-state index in [-0.39, 0.29) is 17.6 Å². The lowest BCUT2D eigenvalue weighted by atomic mass is 10.1. The highest BCUT2D eigenvalue weighted by molar-refractivity contribution is 9.10. The molecular formula is C16H16BrFN4O2. The molecule has 1 aromatic carbocycles. The maximum atomic E-state index is 13.8. The largest absolute Gasteiger partial charge is 0.467 e. The topological polar surface area (TPSA) is 81.3 Å². The second-order valence-corrected chi connectivity index (χ2v) is 6.31. The monoisotopic (exact) mass is 394 g/mol. The standard InChI is InChI=1S/C16H16BrFN4O2/c1-9(24-16-15(19)20-8-13(17)21-16)11-7-10(18)4-5-12(11)22-6-2-3-14(22)23/h4-5,7-9H,2-3,6H2,1H3,(H2,19,20). The van der Waals surface area contributed by atoms with E-state index in [1.54, 1.807) is 17.9 Å². The minimum Gasteiger partial charge on any atom is -0.467 e. The number of rotatable bonds is 4. The van der Waals surface area contributed by atoms with Crippen LogP contribution in [0.1, 0.15) is 31.4 Å². The van der Waals surface area contributed by atoms with Crippen LogP contribution in [0.5, 0.6) is 5.88 Å². The summed E-state index contributed by atoms with van der Waals surface area (Å²) in [6.45, 7) is 2.36. The molecule has 1 aliphatic rings. The summed E-state index contributed by atoms with van der Waals surface area (Å²) in [7, 11) is 0. The Morgan fingerprint density at radius 3 is 2.96 bits per heavy atom. The molecule has 1 saturated heterocycles. The molecule has 3 rings (SSSR count). The van der Waals surface area contributed by atoms with Crippen molar-refractivity contribution in [2.75, 3.05) is 17.2 Å². The molecule has 0 spiro atoms. The molecule has 0 radical (unpaired) electrons. The zero-order chi connectivity index (χ0) is 17.3. The molecule has 126 valence electrons. The van der Waals surface area contributed by atoms with Crippen molar-refractivity contribution in [3.05, 3.63) is 40.4 Å². The Labute approximate surface area is 147 Å². The molecule has 1 amide bonds. The van der Waals surface area contributed by atoms with Crippen LogP contribution in [0, 0.1) is 5.82 Å². The van der Waals surface area contributed by atoms with Gasteiger partial charge in [0.2, 0.25) is 5.91 Å². The smallest absolute Gasteiger partial charge is 0.258 e. The Morgan fingerprint density at radius 1 is 1.46 bits per heavy atom. The SMILES string of the molecule is CC(Oc1nc(Br)cnc1N)c1cc(F)ccc1N1CCCC1=O. The van der Waals surface area contributed by atoms with Crippen molar-refractivity contribution in [2.24, 2.45) is 0 Å². The van der Waals surface area contributed by atoms with Gasteiger partial charge in [-0.15, -0.1) is 0 Å². The molecule has 6 nitrogen and oxygen atoms in total. The van der Waals surface area contributed by atoms with Gasteiger partial charge in [-0.05, 0) is 47.5 Å². The van der Waals surface area contributed by atoms with Crippen molar-refractivity contribution in [3.8, 4) is 5.88 Å². The van der Waals surface area contributed by atoms with Crippen LogP contribution in [0.2, 0.25) is 0 Å². The molecule has 24 heavy (non-hydrogen) atoms. The van der Waals surface area contributed by atoms with Gasteiger partial charge >= 0.3 is 0 Å². The van der Waals surface area contributed by atoms with E-state index in [1.165, 1.54) is 18.3 Å². The molecule has 1 aliphatic heterocycles. The van der Waals surface area contributed by atoms with Crippen molar-refractivity contribution in [2.45, 2.75) is 25.9 Å². The predicted octanol–water partition coefficient (Wildman–Crippen LogP) is 3.23. The maximum Gasteiger partial charge on any atom is 0.258 e. The fraction of sp³-hybridized carbons (Fsp3) is 0.312. The van der Waals surface area contributed by atoms with E-state index in [1.807, 2.05) is 0 Å². The van der Waals surface area contributed by atoms with Crippen LogP contribution >= 0.6 is 15.9 Å². The first-order valence-electron chi connectivity index (χ1n) is 7.50. The quantitative estimate of drug-likeness (QED) is 0.860. The van der Waals surface area contributed by atoms with Gasteiger partial charge in [0.25, 0.3) is 5.88 Å². The number of carbonyl (C=O) groups is 1. The number of ether oxygens (including phenoxy) is 1. The van der Waals surface area contributed by atoms with Crippen molar-refractivity contribution in [3.63, 3.8) is 0 Å². The van der Waals surface area contributed by atoms with Crippen molar-refractivity contribution >= 4 is 33.3 Å². The van der Waals surface area contributed by atoms with Gasteiger partial charge in [0, 0.05) is 18.5 Å². The highest BCUT2D eigenvalue weighted by Gasteiger charge is 2.26. The molecular weight excluding hydrogens is 379 g/mol. The molecule has 0 saturated carbocycles. The minimum absolute atomic E-state index is 0.0248. The molecule has 0 bridgehead atoms. The number of anilines is 2. The normalized spacial score (nSPS) is 15.6. The van der Waals surface area contributed by atoms with Crippen LogP contribution < -0.4 is 15.4 Å². The Kier molecular flexibility index (Phi) is 4.66. The number of benzene rings is 1. The molecule has 1 fully saturated rings. The average molecular weight is 395 g/mol. The minimum atomic E-state index is -0.560. The number of hydrogen-bond acceptors (Lipinski definition) is 5. The van der Waals surface area contributed by atoms with Gasteiger partial charge < -0.3 is 15.4 Å². The Morgan fingerprint density at radius 2 is 2.25 bits per heavy atom. The third-order valence-corrected chi connectivity index (χ3v) is 4.20. The van der Waals surface area contributed by atoms with Crippen LogP contribution in [0.3, 0.4) is 0 Å². The molecule has 8 heteroatoms. The first kappa shape index (κ1) is 16.6. The van der Waals surface area contributed by atoms with E-state index in [0.29, 0.717) is 28.8 Å². The van der Waals surface area contributed by atoms with E-state index < -0.39 is 11.9 Å². The average Bonchev–Trinajstić information content (AvgIpc) is 2.97. The first-order valence-corrected chi connectivity index (χ1v) is 8.29. The van der Waals surface area contributed by atoms with Gasteiger partial charge in [-0.3, -0.25) is 4.79 Å². The van der Waals surface area contributed by atoms with E-state index in [4.69, 9.17) is 10.5 Å². The fourth-order valence-electron chi connectivity index (χ4n) is 2.68. The van der Waals surface area contributed by atoms with Gasteiger partial charge in [0.15, 0.2) is 5.82 Å². The van der Waals surface area contributed by atoms with E-state index in [9.17, 15) is 9.18 Å². The number of amides is 1. The van der Waals surface area contributed by atoms with Gasteiger partial charge in [-0.25, -0.2) is 14.4 Å². The van der Waals surface area contributed by atoms with Gasteiger partial charge in [0.1, 0.15) is 16.5 Å². The van der Waals surface area contributed by atoms with E-state index >= 15 is 0 Å². The van der Waals surface area contributed by atoms with Gasteiger partial charge in [-0.1, -0.05) is 0 Å². The summed E-state index contributed by atoms with van der Waals surface area (Å²) in [6, 6.07) is 4.31. The summed E-state index contributed by atoms with van der Waals surface area (Å²) >= 11 is 3.21.